The van der Waals surface area contributed by atoms with Crippen molar-refractivity contribution in [3.05, 3.63) is 58.7 Å². The number of nitrogens with zero attached hydrogens (tertiary/aromatic N) is 6. The Balaban J connectivity index is 1.64. The van der Waals surface area contributed by atoms with Gasteiger partial charge in [0.25, 0.3) is 5.89 Å². The van der Waals surface area contributed by atoms with Gasteiger partial charge < -0.3 is 14.3 Å². The molecular weight excluding hydrogens is 404 g/mol. The third kappa shape index (κ3) is 2.77. The molecule has 0 saturated carbocycles. The van der Waals surface area contributed by atoms with Gasteiger partial charge in [0.15, 0.2) is 5.41 Å². The maximum absolute atomic E-state index is 14.2. The quantitative estimate of drug-likeness (QED) is 0.513. The molecule has 3 atom stereocenters. The predicted molar refractivity (Wildman–Crippen MR) is 104 cm³/mol. The number of pyridine rings is 1. The molecule has 0 radical (unpaired) electrons. The number of aromatic amines is 1. The molecule has 1 aliphatic rings. The van der Waals surface area contributed by atoms with Gasteiger partial charge >= 0.3 is 6.01 Å². The molecule has 2 unspecified atom stereocenters. The van der Waals surface area contributed by atoms with Crippen LogP contribution in [0, 0.1) is 0 Å². The van der Waals surface area contributed by atoms with Crippen LogP contribution in [0.15, 0.2) is 35.1 Å². The standard InChI is InChI=1S/C17H16ClFN7OP/c1-17(19,28)15-22-23-16(27-15)25-6-4-10-13(21-8-20-10)14(25)11-7-12-9(18)3-2-5-26(12)24-11/h2-3,5,7-8,14H,4,6,28H2,1H3,(H,20,21)/t14-,17?/m1/s1. The summed E-state index contributed by atoms with van der Waals surface area (Å²) in [7, 11) is 2.06. The highest BCUT2D eigenvalue weighted by molar-refractivity contribution is 7.18. The topological polar surface area (TPSA) is 88.1 Å². The molecule has 0 bridgehead atoms. The molecule has 8 nitrogen and oxygen atoms in total. The maximum Gasteiger partial charge on any atom is 0.319 e. The van der Waals surface area contributed by atoms with Crippen molar-refractivity contribution in [3.63, 3.8) is 0 Å². The number of rotatable bonds is 3. The van der Waals surface area contributed by atoms with Crippen LogP contribution >= 0.6 is 20.8 Å². The van der Waals surface area contributed by atoms with Gasteiger partial charge in [-0.25, -0.2) is 13.9 Å². The molecule has 0 amide bonds. The van der Waals surface area contributed by atoms with E-state index in [1.54, 1.807) is 10.8 Å². The van der Waals surface area contributed by atoms with E-state index in [4.69, 9.17) is 16.0 Å². The SMILES string of the molecule is CC(F)(P)c1nnc(N2CCc3[nH]cnc3[C@H]2c2cc3c(Cl)cccn3n2)o1. The molecule has 11 heteroatoms. The fourth-order valence-corrected chi connectivity index (χ4v) is 3.78. The molecule has 1 aliphatic heterocycles. The first-order valence-electron chi connectivity index (χ1n) is 8.66. The molecule has 1 N–H and O–H groups in total. The van der Waals surface area contributed by atoms with Crippen molar-refractivity contribution in [2.24, 2.45) is 0 Å². The third-order valence-corrected chi connectivity index (χ3v) is 5.32. The van der Waals surface area contributed by atoms with E-state index in [0.717, 1.165) is 22.6 Å². The van der Waals surface area contributed by atoms with Crippen LogP contribution in [-0.2, 0) is 11.8 Å². The lowest BCUT2D eigenvalue weighted by Crippen LogP contribution is -2.37. The molecule has 4 aromatic heterocycles. The van der Waals surface area contributed by atoms with Gasteiger partial charge in [0.1, 0.15) is 6.04 Å². The second kappa shape index (κ2) is 6.25. The van der Waals surface area contributed by atoms with Crippen LogP contribution in [0.4, 0.5) is 10.4 Å². The fourth-order valence-electron chi connectivity index (χ4n) is 3.44. The Bertz CT molecular complexity index is 1160. The Labute approximate surface area is 166 Å². The predicted octanol–water partition coefficient (Wildman–Crippen LogP) is 3.26. The average molecular weight is 420 g/mol. The highest BCUT2D eigenvalue weighted by Crippen LogP contribution is 2.39. The lowest BCUT2D eigenvalue weighted by Gasteiger charge is -2.32. The lowest BCUT2D eigenvalue weighted by molar-refractivity contribution is 0.257. The molecule has 0 aliphatic carbocycles. The molecule has 28 heavy (non-hydrogen) atoms. The molecule has 0 saturated heterocycles. The summed E-state index contributed by atoms with van der Waals surface area (Å²) < 4.78 is 21.6. The van der Waals surface area contributed by atoms with E-state index in [0.29, 0.717) is 18.0 Å². The number of hydrogen-bond donors (Lipinski definition) is 1. The van der Waals surface area contributed by atoms with Crippen LogP contribution in [0.2, 0.25) is 5.02 Å². The number of fused-ring (bicyclic) bond motifs is 2. The van der Waals surface area contributed by atoms with Gasteiger partial charge in [-0.2, -0.15) is 5.10 Å². The third-order valence-electron chi connectivity index (χ3n) is 4.75. The number of hydrogen-bond acceptors (Lipinski definition) is 6. The van der Waals surface area contributed by atoms with Crippen LogP contribution in [0.3, 0.4) is 0 Å². The first-order valence-corrected chi connectivity index (χ1v) is 9.61. The van der Waals surface area contributed by atoms with E-state index < -0.39 is 5.41 Å². The van der Waals surface area contributed by atoms with Gasteiger partial charge in [-0.05, 0) is 25.1 Å². The van der Waals surface area contributed by atoms with Crippen LogP contribution in [0.25, 0.3) is 5.52 Å². The van der Waals surface area contributed by atoms with Gasteiger partial charge in [0.05, 0.1) is 28.3 Å². The summed E-state index contributed by atoms with van der Waals surface area (Å²) in [6, 6.07) is 5.41. The Morgan fingerprint density at radius 1 is 1.43 bits per heavy atom. The molecule has 144 valence electrons. The highest BCUT2D eigenvalue weighted by Gasteiger charge is 2.37. The zero-order valence-corrected chi connectivity index (χ0v) is 16.7. The Hall–Kier alpha value is -2.51. The van der Waals surface area contributed by atoms with E-state index >= 15 is 0 Å². The van der Waals surface area contributed by atoms with Gasteiger partial charge in [-0.3, -0.25) is 0 Å². The van der Waals surface area contributed by atoms with Crippen LogP contribution in [0.5, 0.6) is 0 Å². The molecular formula is C17H16ClFN7OP. The molecule has 4 aromatic rings. The van der Waals surface area contributed by atoms with Crippen molar-refractivity contribution < 1.29 is 8.81 Å². The number of H-pyrrole nitrogens is 1. The summed E-state index contributed by atoms with van der Waals surface area (Å²) >= 11 is 6.31. The Morgan fingerprint density at radius 2 is 2.29 bits per heavy atom. The summed E-state index contributed by atoms with van der Waals surface area (Å²) in [4.78, 5) is 9.56. The number of halogens is 2. The lowest BCUT2D eigenvalue weighted by atomic mass is 10.0. The van der Waals surface area contributed by atoms with Crippen LogP contribution in [0.1, 0.15) is 35.9 Å². The molecule has 5 rings (SSSR count). The minimum atomic E-state index is -1.80. The van der Waals surface area contributed by atoms with Crippen LogP contribution in [-0.4, -0.2) is 36.3 Å². The van der Waals surface area contributed by atoms with Crippen molar-refractivity contribution in [1.82, 2.24) is 29.8 Å². The van der Waals surface area contributed by atoms with E-state index in [1.165, 1.54) is 6.92 Å². The number of alkyl halides is 1. The fraction of sp³-hybridized carbons (Fsp3) is 0.294. The summed E-state index contributed by atoms with van der Waals surface area (Å²) in [6.45, 7) is 1.93. The van der Waals surface area contributed by atoms with E-state index in [2.05, 4.69) is 34.5 Å². The summed E-state index contributed by atoms with van der Waals surface area (Å²) in [5.41, 5.74) is 3.36. The monoisotopic (exact) mass is 419 g/mol. The number of aromatic nitrogens is 6. The van der Waals surface area contributed by atoms with Crippen molar-refractivity contribution in [2.45, 2.75) is 24.8 Å². The molecule has 0 aromatic carbocycles. The number of imidazole rings is 1. The van der Waals surface area contributed by atoms with E-state index in [9.17, 15) is 4.39 Å². The van der Waals surface area contributed by atoms with Crippen molar-refractivity contribution >= 4 is 32.4 Å². The zero-order chi connectivity index (χ0) is 19.5. The second-order valence-corrected chi connectivity index (χ2v) is 8.32. The van der Waals surface area contributed by atoms with E-state index in [-0.39, 0.29) is 17.9 Å². The molecule has 5 heterocycles. The van der Waals surface area contributed by atoms with Gasteiger partial charge in [-0.15, -0.1) is 5.10 Å². The van der Waals surface area contributed by atoms with Crippen LogP contribution < -0.4 is 4.90 Å². The van der Waals surface area contributed by atoms with Crippen molar-refractivity contribution in [3.8, 4) is 0 Å². The normalized spacial score (nSPS) is 19.0. The van der Waals surface area contributed by atoms with Gasteiger partial charge in [-0.1, -0.05) is 25.9 Å². The van der Waals surface area contributed by atoms with Gasteiger partial charge in [0, 0.05) is 24.9 Å². The smallest absolute Gasteiger partial charge is 0.319 e. The summed E-state index contributed by atoms with van der Waals surface area (Å²) in [5, 5.41) is 11.4. The summed E-state index contributed by atoms with van der Waals surface area (Å²) in [5.74, 6) is -0.0999. The first-order chi connectivity index (χ1) is 13.4. The zero-order valence-electron chi connectivity index (χ0n) is 14.8. The highest BCUT2D eigenvalue weighted by atomic mass is 35.5. The minimum Gasteiger partial charge on any atom is -0.404 e. The first kappa shape index (κ1) is 17.6. The number of nitrogens with one attached hydrogen (secondary N) is 1. The molecule has 0 fully saturated rings. The maximum atomic E-state index is 14.2. The second-order valence-electron chi connectivity index (χ2n) is 6.83. The van der Waals surface area contributed by atoms with Crippen molar-refractivity contribution in [2.75, 3.05) is 11.4 Å². The molecule has 0 spiro atoms. The van der Waals surface area contributed by atoms with Crippen molar-refractivity contribution in [1.29, 1.82) is 0 Å². The Kier molecular flexibility index (Phi) is 3.93. The largest absolute Gasteiger partial charge is 0.404 e. The Morgan fingerprint density at radius 3 is 3.04 bits per heavy atom. The van der Waals surface area contributed by atoms with Gasteiger partial charge in [0.2, 0.25) is 0 Å². The van der Waals surface area contributed by atoms with E-state index in [1.807, 2.05) is 29.3 Å². The number of anilines is 1. The minimum absolute atomic E-state index is 0.0999. The summed E-state index contributed by atoms with van der Waals surface area (Å²) in [6.07, 6.45) is 4.20. The average Bonchev–Trinajstić information content (AvgIpc) is 3.38.